The molecule has 1 aromatic heterocycles. The van der Waals surface area contributed by atoms with Crippen molar-refractivity contribution >= 4 is 11.6 Å². The smallest absolute Gasteiger partial charge is 0.150 e. The van der Waals surface area contributed by atoms with Gasteiger partial charge in [0.1, 0.15) is 11.5 Å². The summed E-state index contributed by atoms with van der Waals surface area (Å²) < 4.78 is 5.86. The van der Waals surface area contributed by atoms with Gasteiger partial charge in [-0.15, -0.1) is 0 Å². The third-order valence-electron chi connectivity index (χ3n) is 2.76. The summed E-state index contributed by atoms with van der Waals surface area (Å²) in [5, 5.41) is 4.06. The predicted molar refractivity (Wildman–Crippen MR) is 82.3 cm³/mol. The van der Waals surface area contributed by atoms with E-state index in [0.717, 1.165) is 30.2 Å². The average Bonchev–Trinajstić information content (AvgIpc) is 2.40. The van der Waals surface area contributed by atoms with Gasteiger partial charge in [0, 0.05) is 23.3 Å². The number of nitrogens with one attached hydrogen (secondary N) is 1. The fraction of sp³-hybridized carbons (Fsp3) is 0.312. The van der Waals surface area contributed by atoms with Gasteiger partial charge in [-0.25, -0.2) is 0 Å². The van der Waals surface area contributed by atoms with Crippen molar-refractivity contribution in [2.24, 2.45) is 5.92 Å². The van der Waals surface area contributed by atoms with Crippen molar-refractivity contribution in [2.45, 2.75) is 20.4 Å². The zero-order valence-electron chi connectivity index (χ0n) is 11.8. The molecule has 1 N–H and O–H groups in total. The summed E-state index contributed by atoms with van der Waals surface area (Å²) in [6.45, 7) is 6.10. The van der Waals surface area contributed by atoms with Crippen LogP contribution < -0.4 is 10.1 Å². The van der Waals surface area contributed by atoms with Crippen LogP contribution >= 0.6 is 11.6 Å². The van der Waals surface area contributed by atoms with Gasteiger partial charge in [0.15, 0.2) is 0 Å². The molecule has 20 heavy (non-hydrogen) atoms. The average molecular weight is 291 g/mol. The molecular formula is C16H19ClN2O. The van der Waals surface area contributed by atoms with Crippen LogP contribution in [-0.4, -0.2) is 11.5 Å². The zero-order valence-corrected chi connectivity index (χ0v) is 12.5. The second kappa shape index (κ2) is 7.27. The van der Waals surface area contributed by atoms with Crippen LogP contribution in [0, 0.1) is 5.92 Å². The molecule has 0 aliphatic carbocycles. The summed E-state index contributed by atoms with van der Waals surface area (Å²) in [7, 11) is 0. The molecule has 2 aromatic rings. The maximum Gasteiger partial charge on any atom is 0.150 e. The quantitative estimate of drug-likeness (QED) is 0.862. The highest BCUT2D eigenvalue weighted by Crippen LogP contribution is 2.26. The Labute approximate surface area is 124 Å². The number of halogens is 1. The third kappa shape index (κ3) is 4.51. The summed E-state index contributed by atoms with van der Waals surface area (Å²) in [4.78, 5) is 4.12. The van der Waals surface area contributed by atoms with E-state index in [-0.39, 0.29) is 0 Å². The van der Waals surface area contributed by atoms with Gasteiger partial charge in [-0.05, 0) is 36.7 Å². The molecule has 1 aromatic carbocycles. The summed E-state index contributed by atoms with van der Waals surface area (Å²) in [6.07, 6.45) is 3.50. The van der Waals surface area contributed by atoms with E-state index in [9.17, 15) is 0 Å². The molecule has 1 heterocycles. The zero-order chi connectivity index (χ0) is 14.4. The van der Waals surface area contributed by atoms with Crippen LogP contribution in [0.4, 0.5) is 0 Å². The highest BCUT2D eigenvalue weighted by molar-refractivity contribution is 6.30. The van der Waals surface area contributed by atoms with E-state index in [2.05, 4.69) is 24.1 Å². The first-order chi connectivity index (χ1) is 9.65. The molecule has 0 unspecified atom stereocenters. The molecule has 4 heteroatoms. The summed E-state index contributed by atoms with van der Waals surface area (Å²) >= 11 is 5.96. The highest BCUT2D eigenvalue weighted by atomic mass is 35.5. The van der Waals surface area contributed by atoms with E-state index in [4.69, 9.17) is 16.3 Å². The molecule has 0 aliphatic heterocycles. The third-order valence-corrected chi connectivity index (χ3v) is 3.00. The van der Waals surface area contributed by atoms with Crippen molar-refractivity contribution in [2.75, 3.05) is 6.54 Å². The number of hydrogen-bond donors (Lipinski definition) is 1. The van der Waals surface area contributed by atoms with Crippen molar-refractivity contribution in [3.05, 3.63) is 53.3 Å². The lowest BCUT2D eigenvalue weighted by atomic mass is 10.2. The van der Waals surface area contributed by atoms with Gasteiger partial charge in [0.2, 0.25) is 0 Å². The van der Waals surface area contributed by atoms with E-state index in [1.165, 1.54) is 0 Å². The van der Waals surface area contributed by atoms with Gasteiger partial charge < -0.3 is 10.1 Å². The Balaban J connectivity index is 2.07. The molecule has 3 nitrogen and oxygen atoms in total. The second-order valence-electron chi connectivity index (χ2n) is 5.07. The van der Waals surface area contributed by atoms with Gasteiger partial charge in [0.05, 0.1) is 6.20 Å². The lowest BCUT2D eigenvalue weighted by molar-refractivity contribution is 0.466. The van der Waals surface area contributed by atoms with Gasteiger partial charge >= 0.3 is 0 Å². The Morgan fingerprint density at radius 2 is 2.15 bits per heavy atom. The van der Waals surface area contributed by atoms with Crippen LogP contribution in [0.15, 0.2) is 42.7 Å². The fourth-order valence-corrected chi connectivity index (χ4v) is 1.98. The molecule has 0 amide bonds. The van der Waals surface area contributed by atoms with Crippen LogP contribution in [0.3, 0.4) is 0 Å². The van der Waals surface area contributed by atoms with Gasteiger partial charge in [-0.2, -0.15) is 0 Å². The molecule has 0 fully saturated rings. The van der Waals surface area contributed by atoms with Crippen LogP contribution in [0.5, 0.6) is 11.5 Å². The van der Waals surface area contributed by atoms with Crippen LogP contribution in [0.2, 0.25) is 5.02 Å². The molecule has 0 saturated heterocycles. The lowest BCUT2D eigenvalue weighted by Gasteiger charge is -2.12. The number of nitrogens with zero attached hydrogens (tertiary/aromatic N) is 1. The maximum atomic E-state index is 5.96. The second-order valence-corrected chi connectivity index (χ2v) is 5.50. The van der Waals surface area contributed by atoms with Crippen molar-refractivity contribution in [1.82, 2.24) is 10.3 Å². The number of aromatic nitrogens is 1. The molecule has 2 rings (SSSR count). The minimum atomic E-state index is 0.620. The molecule has 0 atom stereocenters. The van der Waals surface area contributed by atoms with Gasteiger partial charge in [-0.3, -0.25) is 4.98 Å². The largest absolute Gasteiger partial charge is 0.455 e. The Morgan fingerprint density at radius 1 is 1.30 bits per heavy atom. The first-order valence-electron chi connectivity index (χ1n) is 6.72. The first kappa shape index (κ1) is 14.8. The Bertz CT molecular complexity index is 558. The van der Waals surface area contributed by atoms with Crippen LogP contribution in [0.1, 0.15) is 19.4 Å². The summed E-state index contributed by atoms with van der Waals surface area (Å²) in [6, 6.07) is 9.32. The summed E-state index contributed by atoms with van der Waals surface area (Å²) in [5.74, 6) is 2.09. The van der Waals surface area contributed by atoms with Gasteiger partial charge in [0.25, 0.3) is 0 Å². The molecule has 0 saturated carbocycles. The van der Waals surface area contributed by atoms with E-state index < -0.39 is 0 Å². The van der Waals surface area contributed by atoms with E-state index >= 15 is 0 Å². The standard InChI is InChI=1S/C16H19ClN2O/c1-12(2)9-19-10-13-6-7-18-11-16(13)20-15-5-3-4-14(17)8-15/h3-8,11-12,19H,9-10H2,1-2H3. The van der Waals surface area contributed by atoms with Crippen molar-refractivity contribution in [3.63, 3.8) is 0 Å². The van der Waals surface area contributed by atoms with Crippen molar-refractivity contribution in [3.8, 4) is 11.5 Å². The lowest BCUT2D eigenvalue weighted by Crippen LogP contribution is -2.19. The number of pyridine rings is 1. The van der Waals surface area contributed by atoms with Crippen molar-refractivity contribution in [1.29, 1.82) is 0 Å². The molecule has 0 radical (unpaired) electrons. The van der Waals surface area contributed by atoms with Gasteiger partial charge in [-0.1, -0.05) is 31.5 Å². The molecular weight excluding hydrogens is 272 g/mol. The monoisotopic (exact) mass is 290 g/mol. The van der Waals surface area contributed by atoms with E-state index in [1.54, 1.807) is 18.5 Å². The maximum absolute atomic E-state index is 5.96. The minimum Gasteiger partial charge on any atom is -0.455 e. The SMILES string of the molecule is CC(C)CNCc1ccncc1Oc1cccc(Cl)c1. The number of hydrogen-bond acceptors (Lipinski definition) is 3. The van der Waals surface area contributed by atoms with E-state index in [1.807, 2.05) is 24.3 Å². The summed E-state index contributed by atoms with van der Waals surface area (Å²) in [5.41, 5.74) is 1.08. The first-order valence-corrected chi connectivity index (χ1v) is 7.10. The molecule has 0 aliphatic rings. The Kier molecular flexibility index (Phi) is 5.39. The molecule has 0 bridgehead atoms. The van der Waals surface area contributed by atoms with Crippen LogP contribution in [0.25, 0.3) is 0 Å². The Hall–Kier alpha value is -1.58. The number of rotatable bonds is 6. The number of ether oxygens (including phenoxy) is 1. The topological polar surface area (TPSA) is 34.2 Å². The number of benzene rings is 1. The van der Waals surface area contributed by atoms with Crippen molar-refractivity contribution < 1.29 is 4.74 Å². The minimum absolute atomic E-state index is 0.620. The fourth-order valence-electron chi connectivity index (χ4n) is 1.80. The molecule has 0 spiro atoms. The molecule has 106 valence electrons. The van der Waals surface area contributed by atoms with Crippen LogP contribution in [-0.2, 0) is 6.54 Å². The normalized spacial score (nSPS) is 10.8. The highest BCUT2D eigenvalue weighted by Gasteiger charge is 2.05. The Morgan fingerprint density at radius 3 is 2.90 bits per heavy atom. The van der Waals surface area contributed by atoms with E-state index in [0.29, 0.717) is 10.9 Å². The predicted octanol–water partition coefficient (Wildman–Crippen LogP) is 4.27.